The first-order chi connectivity index (χ1) is 8.00. The van der Waals surface area contributed by atoms with Crippen molar-refractivity contribution in [2.24, 2.45) is 0 Å². The van der Waals surface area contributed by atoms with Gasteiger partial charge in [-0.1, -0.05) is 12.1 Å². The van der Waals surface area contributed by atoms with E-state index in [9.17, 15) is 0 Å². The van der Waals surface area contributed by atoms with Gasteiger partial charge in [0.25, 0.3) is 0 Å². The fourth-order valence-corrected chi connectivity index (χ4v) is 0.625. The number of hydrogen-bond donors (Lipinski definition) is 0. The summed E-state index contributed by atoms with van der Waals surface area (Å²) < 4.78 is 0. The van der Waals surface area contributed by atoms with Crippen LogP contribution in [0.1, 0.15) is 0 Å². The molecule has 0 aliphatic rings. The van der Waals surface area contributed by atoms with Crippen LogP contribution in [-0.4, -0.2) is 26.1 Å². The summed E-state index contributed by atoms with van der Waals surface area (Å²) in [7, 11) is 11.0. The topological polar surface area (TPSA) is 25.8 Å². The smallest absolute Gasteiger partial charge is 0.0267 e. The van der Waals surface area contributed by atoms with E-state index in [1.807, 2.05) is 46.3 Å². The Balaban J connectivity index is 0.000000228. The van der Waals surface area contributed by atoms with E-state index in [1.54, 1.807) is 24.8 Å². The Bertz CT molecular complexity index is 261. The summed E-state index contributed by atoms with van der Waals surface area (Å²) in [6, 6.07) is 11.4. The van der Waals surface area contributed by atoms with Crippen molar-refractivity contribution in [1.82, 2.24) is 9.97 Å². The maximum absolute atomic E-state index is 5.51. The Kier molecular flexibility index (Phi) is 10.6. The van der Waals surface area contributed by atoms with Gasteiger partial charge in [0.15, 0.2) is 0 Å². The van der Waals surface area contributed by atoms with E-state index in [0.717, 1.165) is 0 Å². The molecule has 0 spiro atoms. The van der Waals surface area contributed by atoms with E-state index in [1.165, 1.54) is 0 Å². The summed E-state index contributed by atoms with van der Waals surface area (Å²) in [6.07, 6.45) is 7.00. The molecule has 17 heavy (non-hydrogen) atoms. The zero-order valence-electron chi connectivity index (χ0n) is 9.92. The molecule has 0 bridgehead atoms. The van der Waals surface area contributed by atoms with Crippen LogP contribution in [0.25, 0.3) is 0 Å². The molecule has 0 unspecified atom stereocenters. The van der Waals surface area contributed by atoms with Gasteiger partial charge >= 0.3 is 43.8 Å². The van der Waals surface area contributed by atoms with Crippen LogP contribution in [0, 0.1) is 0 Å². The van der Waals surface area contributed by atoms with E-state index >= 15 is 0 Å². The monoisotopic (exact) mass is 378 g/mol. The normalized spacial score (nSPS) is 9.18. The molecule has 0 fully saturated rings. The average molecular weight is 378 g/mol. The van der Waals surface area contributed by atoms with Crippen LogP contribution in [-0.2, 0) is 0 Å². The number of rotatable bonds is 0. The number of halogens is 2. The van der Waals surface area contributed by atoms with Crippen LogP contribution >= 0.6 is 17.8 Å². The molecule has 92 valence electrons. The van der Waals surface area contributed by atoms with Gasteiger partial charge in [-0.25, -0.2) is 0 Å². The van der Waals surface area contributed by atoms with Gasteiger partial charge in [0, 0.05) is 24.8 Å². The van der Waals surface area contributed by atoms with Crippen LogP contribution < -0.4 is 0 Å². The van der Waals surface area contributed by atoms with Gasteiger partial charge in [-0.3, -0.25) is 9.97 Å². The van der Waals surface area contributed by atoms with Crippen LogP contribution in [0.5, 0.6) is 0 Å². The predicted octanol–water partition coefficient (Wildman–Crippen LogP) is 4.33. The zero-order valence-corrected chi connectivity index (χ0v) is 14.3. The standard InChI is InChI=1S/2C5H5N.2CH3.2ClH.Sn/c2*1-2-4-6-5-3-1;;;;;/h2*1-5H;2*1H3;2*1H;/q;;;;;;+2/p-2. The first-order valence-electron chi connectivity index (χ1n) is 5.08. The van der Waals surface area contributed by atoms with Crippen molar-refractivity contribution < 1.29 is 0 Å². The quantitative estimate of drug-likeness (QED) is 0.639. The molecule has 0 aliphatic carbocycles. The number of hydrogen-bond acceptors (Lipinski definition) is 2. The van der Waals surface area contributed by atoms with Gasteiger partial charge in [-0.05, 0) is 24.3 Å². The van der Waals surface area contributed by atoms with Crippen molar-refractivity contribution in [3.05, 3.63) is 61.2 Å². The molecule has 0 N–H and O–H groups in total. The van der Waals surface area contributed by atoms with Crippen molar-refractivity contribution in [1.29, 1.82) is 0 Å². The predicted molar refractivity (Wildman–Crippen MR) is 77.7 cm³/mol. The Hall–Kier alpha value is -0.321. The summed E-state index contributed by atoms with van der Waals surface area (Å²) in [4.78, 5) is 11.4. The van der Waals surface area contributed by atoms with Crippen LogP contribution in [0.2, 0.25) is 9.88 Å². The van der Waals surface area contributed by atoms with E-state index in [0.29, 0.717) is 0 Å². The first-order valence-corrected chi connectivity index (χ1v) is 18.0. The van der Waals surface area contributed by atoms with Crippen LogP contribution in [0.4, 0.5) is 0 Å². The van der Waals surface area contributed by atoms with Crippen molar-refractivity contribution in [3.8, 4) is 0 Å². The summed E-state index contributed by atoms with van der Waals surface area (Å²) in [6.45, 7) is 0. The first kappa shape index (κ1) is 16.7. The van der Waals surface area contributed by atoms with Crippen molar-refractivity contribution >= 4 is 34.0 Å². The molecule has 5 heteroatoms. The van der Waals surface area contributed by atoms with E-state index in [4.69, 9.17) is 17.8 Å². The molecular weight excluding hydrogens is 362 g/mol. The third kappa shape index (κ3) is 21.5. The molecule has 0 radical (unpaired) electrons. The summed E-state index contributed by atoms with van der Waals surface area (Å²) >= 11 is -2.24. The molecular formula is C12H16Cl2N2Sn. The Labute approximate surface area is 114 Å². The third-order valence-corrected chi connectivity index (χ3v) is 1.13. The van der Waals surface area contributed by atoms with Gasteiger partial charge < -0.3 is 0 Å². The molecule has 0 saturated heterocycles. The second-order valence-corrected chi connectivity index (χ2v) is 24.9. The largest absolute Gasteiger partial charge is 0.265 e. The van der Waals surface area contributed by atoms with Gasteiger partial charge in [0.05, 0.1) is 0 Å². The minimum atomic E-state index is -2.24. The molecule has 2 aromatic rings. The van der Waals surface area contributed by atoms with E-state index in [-0.39, 0.29) is 0 Å². The minimum Gasteiger partial charge on any atom is -0.265 e. The second kappa shape index (κ2) is 10.8. The SMILES string of the molecule is [CH3][Sn]([CH3])([Cl])[Cl].c1ccncc1.c1ccncc1. The van der Waals surface area contributed by atoms with Gasteiger partial charge in [0.2, 0.25) is 0 Å². The molecule has 2 aromatic heterocycles. The minimum absolute atomic E-state index is 1.75. The molecule has 0 aromatic carbocycles. The maximum Gasteiger partial charge on any atom is 0.0267 e. The maximum atomic E-state index is 5.51. The Morgan fingerprint density at radius 3 is 0.941 bits per heavy atom. The molecule has 2 nitrogen and oxygen atoms in total. The van der Waals surface area contributed by atoms with E-state index < -0.39 is 16.1 Å². The third-order valence-electron chi connectivity index (χ3n) is 1.13. The summed E-state index contributed by atoms with van der Waals surface area (Å²) in [5.74, 6) is 0. The number of aromatic nitrogens is 2. The molecule has 0 saturated carbocycles. The zero-order chi connectivity index (χ0) is 13.0. The van der Waals surface area contributed by atoms with Crippen LogP contribution in [0.3, 0.4) is 0 Å². The van der Waals surface area contributed by atoms with Gasteiger partial charge in [-0.15, -0.1) is 0 Å². The molecule has 0 aliphatic heterocycles. The number of pyridine rings is 2. The van der Waals surface area contributed by atoms with Crippen molar-refractivity contribution in [2.75, 3.05) is 0 Å². The summed E-state index contributed by atoms with van der Waals surface area (Å²) in [5.41, 5.74) is 0. The molecule has 2 rings (SSSR count). The Morgan fingerprint density at radius 1 is 0.647 bits per heavy atom. The number of nitrogens with zero attached hydrogens (tertiary/aromatic N) is 2. The fraction of sp³-hybridized carbons (Fsp3) is 0.167. The Morgan fingerprint density at radius 2 is 0.882 bits per heavy atom. The average Bonchev–Trinajstić information content (AvgIpc) is 2.32. The van der Waals surface area contributed by atoms with Crippen LogP contribution in [0.15, 0.2) is 61.2 Å². The van der Waals surface area contributed by atoms with Crippen molar-refractivity contribution in [3.63, 3.8) is 0 Å². The van der Waals surface area contributed by atoms with E-state index in [2.05, 4.69) is 9.97 Å². The second-order valence-electron chi connectivity index (χ2n) is 3.38. The molecule has 0 atom stereocenters. The van der Waals surface area contributed by atoms with Crippen molar-refractivity contribution in [2.45, 2.75) is 9.88 Å². The fourth-order valence-electron chi connectivity index (χ4n) is 0.625. The molecule has 0 amide bonds. The summed E-state index contributed by atoms with van der Waals surface area (Å²) in [5, 5.41) is 0. The van der Waals surface area contributed by atoms with Gasteiger partial charge in [0.1, 0.15) is 0 Å². The van der Waals surface area contributed by atoms with Gasteiger partial charge in [-0.2, -0.15) is 0 Å². The molecule has 2 heterocycles.